The molecule has 1 amide bonds. The van der Waals surface area contributed by atoms with E-state index in [0.29, 0.717) is 22.3 Å². The number of amides is 1. The van der Waals surface area contributed by atoms with E-state index in [1.165, 1.54) is 23.9 Å². The van der Waals surface area contributed by atoms with Crippen LogP contribution >= 0.6 is 27.7 Å². The van der Waals surface area contributed by atoms with E-state index < -0.39 is 0 Å². The highest BCUT2D eigenvalue weighted by molar-refractivity contribution is 9.10. The van der Waals surface area contributed by atoms with Crippen molar-refractivity contribution in [3.8, 4) is 5.69 Å². The van der Waals surface area contributed by atoms with E-state index in [1.54, 1.807) is 24.3 Å². The van der Waals surface area contributed by atoms with Crippen LogP contribution in [0.5, 0.6) is 0 Å². The molecule has 0 aliphatic rings. The molecule has 0 unspecified atom stereocenters. The van der Waals surface area contributed by atoms with E-state index in [-0.39, 0.29) is 18.3 Å². The van der Waals surface area contributed by atoms with Crippen LogP contribution in [-0.2, 0) is 12.3 Å². The Kier molecular flexibility index (Phi) is 7.02. The first kappa shape index (κ1) is 22.2. The van der Waals surface area contributed by atoms with Gasteiger partial charge in [0.15, 0.2) is 11.0 Å². The lowest BCUT2D eigenvalue weighted by Gasteiger charge is -2.11. The normalized spacial score (nSPS) is 10.8. The molecule has 0 saturated carbocycles. The van der Waals surface area contributed by atoms with Crippen molar-refractivity contribution in [2.45, 2.75) is 24.4 Å². The molecule has 32 heavy (non-hydrogen) atoms. The summed E-state index contributed by atoms with van der Waals surface area (Å²) in [6.07, 6.45) is 0. The van der Waals surface area contributed by atoms with Crippen LogP contribution in [0, 0.1) is 12.7 Å². The molecular weight excluding hydrogens is 491 g/mol. The Hall–Kier alpha value is -2.97. The van der Waals surface area contributed by atoms with Crippen molar-refractivity contribution < 1.29 is 9.18 Å². The number of carbonyl (C=O) groups excluding carboxylic acids is 1. The minimum atomic E-state index is -0.259. The number of aromatic nitrogens is 3. The molecule has 0 radical (unpaired) electrons. The Morgan fingerprint density at radius 2 is 1.81 bits per heavy atom. The highest BCUT2D eigenvalue weighted by atomic mass is 79.9. The van der Waals surface area contributed by atoms with Crippen LogP contribution in [0.1, 0.15) is 27.3 Å². The zero-order valence-electron chi connectivity index (χ0n) is 17.3. The van der Waals surface area contributed by atoms with Gasteiger partial charge in [-0.1, -0.05) is 63.6 Å². The number of nitrogens with one attached hydrogen (secondary N) is 1. The third-order valence-corrected chi connectivity index (χ3v) is 6.26. The minimum absolute atomic E-state index is 0.190. The fraction of sp³-hybridized carbons (Fsp3) is 0.125. The van der Waals surface area contributed by atoms with Crippen molar-refractivity contribution >= 4 is 33.6 Å². The van der Waals surface area contributed by atoms with Crippen LogP contribution in [0.2, 0.25) is 0 Å². The molecule has 0 bridgehead atoms. The van der Waals surface area contributed by atoms with Crippen LogP contribution in [0.25, 0.3) is 5.69 Å². The number of rotatable bonds is 7. The number of hydrogen-bond donors (Lipinski definition) is 1. The monoisotopic (exact) mass is 510 g/mol. The van der Waals surface area contributed by atoms with Gasteiger partial charge in [0.2, 0.25) is 0 Å². The van der Waals surface area contributed by atoms with E-state index in [1.807, 2.05) is 47.9 Å². The summed E-state index contributed by atoms with van der Waals surface area (Å²) in [5.41, 5.74) is 3.60. The molecule has 4 aromatic rings. The first-order chi connectivity index (χ1) is 15.5. The lowest BCUT2D eigenvalue weighted by molar-refractivity contribution is 0.0949. The second-order valence-electron chi connectivity index (χ2n) is 7.18. The van der Waals surface area contributed by atoms with E-state index in [9.17, 15) is 9.18 Å². The van der Waals surface area contributed by atoms with Gasteiger partial charge in [-0.15, -0.1) is 10.2 Å². The highest BCUT2D eigenvalue weighted by Crippen LogP contribution is 2.26. The van der Waals surface area contributed by atoms with Gasteiger partial charge < -0.3 is 5.32 Å². The third-order valence-electron chi connectivity index (χ3n) is 4.77. The summed E-state index contributed by atoms with van der Waals surface area (Å²) in [5.74, 6) is 0.795. The van der Waals surface area contributed by atoms with Crippen LogP contribution in [-0.4, -0.2) is 20.7 Å². The summed E-state index contributed by atoms with van der Waals surface area (Å²) >= 11 is 4.89. The van der Waals surface area contributed by atoms with Crippen molar-refractivity contribution in [1.29, 1.82) is 0 Å². The maximum Gasteiger partial charge on any atom is 0.251 e. The van der Waals surface area contributed by atoms with Crippen LogP contribution < -0.4 is 5.32 Å². The summed E-state index contributed by atoms with van der Waals surface area (Å²) in [7, 11) is 0. The number of aryl methyl sites for hydroxylation is 1. The topological polar surface area (TPSA) is 59.8 Å². The van der Waals surface area contributed by atoms with Gasteiger partial charge in [-0.05, 0) is 55.0 Å². The largest absolute Gasteiger partial charge is 0.345 e. The van der Waals surface area contributed by atoms with Crippen LogP contribution in [0.3, 0.4) is 0 Å². The first-order valence-corrected chi connectivity index (χ1v) is 11.7. The molecule has 0 saturated heterocycles. The summed E-state index contributed by atoms with van der Waals surface area (Å²) in [6.45, 7) is 2.25. The summed E-state index contributed by atoms with van der Waals surface area (Å²) in [5, 5.41) is 12.3. The zero-order valence-corrected chi connectivity index (χ0v) is 19.7. The number of hydrogen-bond acceptors (Lipinski definition) is 4. The van der Waals surface area contributed by atoms with Gasteiger partial charge in [0.25, 0.3) is 5.91 Å². The molecule has 0 fully saturated rings. The Labute approximate surface area is 198 Å². The van der Waals surface area contributed by atoms with Crippen molar-refractivity contribution in [2.75, 3.05) is 0 Å². The molecule has 0 atom stereocenters. The molecule has 4 rings (SSSR count). The molecule has 3 aromatic carbocycles. The molecule has 162 valence electrons. The van der Waals surface area contributed by atoms with E-state index in [2.05, 4.69) is 31.4 Å². The van der Waals surface area contributed by atoms with Gasteiger partial charge >= 0.3 is 0 Å². The third kappa shape index (κ3) is 5.44. The second-order valence-corrected chi connectivity index (χ2v) is 9.04. The molecule has 1 N–H and O–H groups in total. The number of halogens is 2. The fourth-order valence-corrected chi connectivity index (χ4v) is 4.41. The average molecular weight is 511 g/mol. The van der Waals surface area contributed by atoms with Crippen LogP contribution in [0.15, 0.2) is 82.4 Å². The molecule has 5 nitrogen and oxygen atoms in total. The quantitative estimate of drug-likeness (QED) is 0.324. The molecular formula is C24H20BrFN4OS. The van der Waals surface area contributed by atoms with Gasteiger partial charge in [-0.25, -0.2) is 4.39 Å². The maximum absolute atomic E-state index is 13.2. The van der Waals surface area contributed by atoms with Crippen molar-refractivity contribution in [3.63, 3.8) is 0 Å². The lowest BCUT2D eigenvalue weighted by Crippen LogP contribution is -2.24. The van der Waals surface area contributed by atoms with Gasteiger partial charge in [-0.2, -0.15) is 0 Å². The molecule has 8 heteroatoms. The lowest BCUT2D eigenvalue weighted by atomic mass is 10.2. The van der Waals surface area contributed by atoms with Gasteiger partial charge in [0, 0.05) is 21.5 Å². The molecule has 0 spiro atoms. The molecule has 0 aliphatic heterocycles. The van der Waals surface area contributed by atoms with E-state index in [4.69, 9.17) is 0 Å². The number of carbonyl (C=O) groups is 1. The summed E-state index contributed by atoms with van der Waals surface area (Å²) in [6, 6.07) is 21.7. The maximum atomic E-state index is 13.2. The van der Waals surface area contributed by atoms with Crippen LogP contribution in [0.4, 0.5) is 4.39 Å². The Balaban J connectivity index is 1.56. The Morgan fingerprint density at radius 3 is 2.53 bits per heavy atom. The number of thioether (sulfide) groups is 1. The Morgan fingerprint density at radius 1 is 1.06 bits per heavy atom. The number of nitrogens with zero attached hydrogens (tertiary/aromatic N) is 3. The molecule has 1 heterocycles. The first-order valence-electron chi connectivity index (χ1n) is 9.92. The van der Waals surface area contributed by atoms with Gasteiger partial charge in [-0.3, -0.25) is 9.36 Å². The van der Waals surface area contributed by atoms with E-state index in [0.717, 1.165) is 21.3 Å². The fourth-order valence-electron chi connectivity index (χ4n) is 3.08. The van der Waals surface area contributed by atoms with Crippen molar-refractivity contribution in [1.82, 2.24) is 20.1 Å². The summed E-state index contributed by atoms with van der Waals surface area (Å²) in [4.78, 5) is 12.6. The smallest absolute Gasteiger partial charge is 0.251 e. The predicted octanol–water partition coefficient (Wildman–Crippen LogP) is 5.70. The Bertz CT molecular complexity index is 1230. The van der Waals surface area contributed by atoms with Gasteiger partial charge in [0.1, 0.15) is 5.82 Å². The predicted molar refractivity (Wildman–Crippen MR) is 127 cm³/mol. The summed E-state index contributed by atoms with van der Waals surface area (Å²) < 4.78 is 16.0. The second kappa shape index (κ2) is 10.1. The average Bonchev–Trinajstić information content (AvgIpc) is 3.20. The zero-order chi connectivity index (χ0) is 22.5. The van der Waals surface area contributed by atoms with Crippen molar-refractivity contribution in [2.24, 2.45) is 0 Å². The minimum Gasteiger partial charge on any atom is -0.345 e. The SMILES string of the molecule is Cc1ccc(-n2c(CNC(=O)c3cccc(Br)c3)nnc2SCc2ccc(F)cc2)cc1. The van der Waals surface area contributed by atoms with Crippen molar-refractivity contribution in [3.05, 3.63) is 106 Å². The highest BCUT2D eigenvalue weighted by Gasteiger charge is 2.16. The molecule has 0 aliphatic carbocycles. The van der Waals surface area contributed by atoms with Gasteiger partial charge in [0.05, 0.1) is 6.54 Å². The standard InChI is InChI=1S/C24H20BrFN4OS/c1-16-5-11-21(12-6-16)30-22(14-27-23(31)18-3-2-4-19(25)13-18)28-29-24(30)32-15-17-7-9-20(26)10-8-17/h2-13H,14-15H2,1H3,(H,27,31). The number of benzene rings is 3. The van der Waals surface area contributed by atoms with E-state index >= 15 is 0 Å². The molecule has 1 aromatic heterocycles.